The molecule has 9 heteroatoms. The first-order chi connectivity index (χ1) is 14.5. The summed E-state index contributed by atoms with van der Waals surface area (Å²) in [5.74, 6) is 0.826. The number of nitrogens with zero attached hydrogens (tertiary/aromatic N) is 4. The minimum absolute atomic E-state index is 0.0306. The molecule has 1 fully saturated rings. The van der Waals surface area contributed by atoms with Crippen LogP contribution in [0.2, 0.25) is 0 Å². The number of rotatable bonds is 5. The third-order valence-corrected chi connectivity index (χ3v) is 6.92. The van der Waals surface area contributed by atoms with Crippen molar-refractivity contribution in [1.82, 2.24) is 14.5 Å². The Morgan fingerprint density at radius 2 is 1.70 bits per heavy atom. The largest absolute Gasteiger partial charge is 0.496 e. The summed E-state index contributed by atoms with van der Waals surface area (Å²) in [4.78, 5) is 1.95. The summed E-state index contributed by atoms with van der Waals surface area (Å²) in [6, 6.07) is 16.4. The van der Waals surface area contributed by atoms with Gasteiger partial charge in [-0.3, -0.25) is 0 Å². The highest BCUT2D eigenvalue weighted by molar-refractivity contribution is 7.89. The van der Waals surface area contributed by atoms with Crippen LogP contribution in [0.4, 0.5) is 10.2 Å². The number of para-hydroxylation sites is 1. The lowest BCUT2D eigenvalue weighted by atomic mass is 10.1. The van der Waals surface area contributed by atoms with Crippen LogP contribution in [0.5, 0.6) is 5.75 Å². The van der Waals surface area contributed by atoms with Crippen molar-refractivity contribution in [3.05, 3.63) is 66.5 Å². The zero-order chi connectivity index (χ0) is 21.1. The van der Waals surface area contributed by atoms with Crippen molar-refractivity contribution in [2.45, 2.75) is 4.90 Å². The Hall–Kier alpha value is -3.04. The van der Waals surface area contributed by atoms with Gasteiger partial charge in [-0.2, -0.15) is 4.31 Å². The molecule has 1 aliphatic heterocycles. The van der Waals surface area contributed by atoms with Crippen LogP contribution in [-0.4, -0.2) is 56.2 Å². The predicted octanol–water partition coefficient (Wildman–Crippen LogP) is 2.80. The Balaban J connectivity index is 1.45. The van der Waals surface area contributed by atoms with Gasteiger partial charge in [-0.25, -0.2) is 12.8 Å². The second-order valence-corrected chi connectivity index (χ2v) is 8.76. The Morgan fingerprint density at radius 3 is 2.37 bits per heavy atom. The van der Waals surface area contributed by atoms with E-state index in [1.807, 2.05) is 41.3 Å². The highest BCUT2D eigenvalue weighted by Crippen LogP contribution is 2.28. The topological polar surface area (TPSA) is 75.6 Å². The number of piperazine rings is 1. The van der Waals surface area contributed by atoms with E-state index in [0.29, 0.717) is 24.6 Å². The molecule has 0 spiro atoms. The number of methoxy groups -OCH3 is 1. The number of anilines is 1. The van der Waals surface area contributed by atoms with Gasteiger partial charge in [0.25, 0.3) is 0 Å². The van der Waals surface area contributed by atoms with Gasteiger partial charge in [0.05, 0.1) is 17.7 Å². The lowest BCUT2D eigenvalue weighted by molar-refractivity contribution is 0.383. The minimum Gasteiger partial charge on any atom is -0.496 e. The van der Waals surface area contributed by atoms with E-state index in [-0.39, 0.29) is 18.0 Å². The van der Waals surface area contributed by atoms with Crippen LogP contribution in [0.1, 0.15) is 0 Å². The third kappa shape index (κ3) is 3.99. The SMILES string of the molecule is COc1ccccc1-c1ccc(N2CCN(S(=O)(=O)c3cccc(F)c3)CC2)nn1. The van der Waals surface area contributed by atoms with Crippen LogP contribution >= 0.6 is 0 Å². The van der Waals surface area contributed by atoms with Gasteiger partial charge in [0.15, 0.2) is 5.82 Å². The first-order valence-electron chi connectivity index (χ1n) is 9.47. The van der Waals surface area contributed by atoms with E-state index in [9.17, 15) is 12.8 Å². The molecule has 0 radical (unpaired) electrons. The molecule has 1 aromatic heterocycles. The van der Waals surface area contributed by atoms with Gasteiger partial charge >= 0.3 is 0 Å². The summed E-state index contributed by atoms with van der Waals surface area (Å²) in [5, 5.41) is 8.63. The van der Waals surface area contributed by atoms with E-state index in [4.69, 9.17) is 4.74 Å². The Labute approximate surface area is 174 Å². The fourth-order valence-electron chi connectivity index (χ4n) is 3.43. The van der Waals surface area contributed by atoms with Crippen molar-refractivity contribution in [3.63, 3.8) is 0 Å². The molecule has 0 saturated carbocycles. The molecule has 30 heavy (non-hydrogen) atoms. The van der Waals surface area contributed by atoms with Gasteiger partial charge in [-0.05, 0) is 42.5 Å². The fraction of sp³-hybridized carbons (Fsp3) is 0.238. The molecule has 0 atom stereocenters. The molecule has 0 bridgehead atoms. The summed E-state index contributed by atoms with van der Waals surface area (Å²) in [6.07, 6.45) is 0. The fourth-order valence-corrected chi connectivity index (χ4v) is 4.88. The number of benzene rings is 2. The third-order valence-electron chi connectivity index (χ3n) is 5.03. The van der Waals surface area contributed by atoms with Crippen molar-refractivity contribution in [1.29, 1.82) is 0 Å². The second-order valence-electron chi connectivity index (χ2n) is 6.83. The molecule has 156 valence electrons. The summed E-state index contributed by atoms with van der Waals surface area (Å²) in [7, 11) is -2.11. The highest BCUT2D eigenvalue weighted by atomic mass is 32.2. The van der Waals surface area contributed by atoms with Gasteiger partial charge < -0.3 is 9.64 Å². The first-order valence-corrected chi connectivity index (χ1v) is 10.9. The van der Waals surface area contributed by atoms with Crippen molar-refractivity contribution in [2.24, 2.45) is 0 Å². The van der Waals surface area contributed by atoms with E-state index in [1.54, 1.807) is 7.11 Å². The van der Waals surface area contributed by atoms with Gasteiger partial charge in [0.2, 0.25) is 10.0 Å². The van der Waals surface area contributed by atoms with Crippen molar-refractivity contribution in [2.75, 3.05) is 38.2 Å². The minimum atomic E-state index is -3.72. The van der Waals surface area contributed by atoms with Gasteiger partial charge in [0, 0.05) is 31.7 Å². The van der Waals surface area contributed by atoms with Crippen LogP contribution in [0, 0.1) is 5.82 Å². The Morgan fingerprint density at radius 1 is 0.933 bits per heavy atom. The maximum Gasteiger partial charge on any atom is 0.243 e. The summed E-state index contributed by atoms with van der Waals surface area (Å²) < 4.78 is 45.7. The van der Waals surface area contributed by atoms with Crippen molar-refractivity contribution in [3.8, 4) is 17.0 Å². The van der Waals surface area contributed by atoms with Crippen LogP contribution in [0.15, 0.2) is 65.6 Å². The number of hydrogen-bond acceptors (Lipinski definition) is 6. The van der Waals surface area contributed by atoms with E-state index in [1.165, 1.54) is 22.5 Å². The molecule has 4 rings (SSSR count). The lowest BCUT2D eigenvalue weighted by Crippen LogP contribution is -2.49. The number of halogens is 1. The van der Waals surface area contributed by atoms with Crippen molar-refractivity contribution >= 4 is 15.8 Å². The molecule has 1 saturated heterocycles. The zero-order valence-electron chi connectivity index (χ0n) is 16.4. The second kappa shape index (κ2) is 8.37. The predicted molar refractivity (Wildman–Crippen MR) is 111 cm³/mol. The average Bonchev–Trinajstić information content (AvgIpc) is 2.79. The van der Waals surface area contributed by atoms with Crippen LogP contribution < -0.4 is 9.64 Å². The normalized spacial score (nSPS) is 15.2. The molecular weight excluding hydrogens is 407 g/mol. The zero-order valence-corrected chi connectivity index (χ0v) is 17.2. The van der Waals surface area contributed by atoms with Gasteiger partial charge in [-0.1, -0.05) is 18.2 Å². The van der Waals surface area contributed by atoms with Crippen molar-refractivity contribution < 1.29 is 17.5 Å². The standard InChI is InChI=1S/C21H21FN4O3S/c1-29-20-8-3-2-7-18(20)19-9-10-21(24-23-19)25-11-13-26(14-12-25)30(27,28)17-6-4-5-16(22)15-17/h2-10,15H,11-14H2,1H3. The maximum atomic E-state index is 13.4. The molecule has 1 aliphatic rings. The highest BCUT2D eigenvalue weighted by Gasteiger charge is 2.29. The molecule has 2 heterocycles. The molecule has 0 aliphatic carbocycles. The van der Waals surface area contributed by atoms with E-state index in [0.717, 1.165) is 17.4 Å². The van der Waals surface area contributed by atoms with E-state index in [2.05, 4.69) is 10.2 Å². The monoisotopic (exact) mass is 428 g/mol. The number of ether oxygens (including phenoxy) is 1. The first kappa shape index (κ1) is 20.2. The quantitative estimate of drug-likeness (QED) is 0.622. The van der Waals surface area contributed by atoms with Gasteiger partial charge in [-0.15, -0.1) is 10.2 Å². The molecular formula is C21H21FN4O3S. The molecule has 2 aromatic carbocycles. The number of sulfonamides is 1. The number of hydrogen-bond donors (Lipinski definition) is 0. The smallest absolute Gasteiger partial charge is 0.243 e. The molecule has 0 amide bonds. The summed E-state index contributed by atoms with van der Waals surface area (Å²) in [6.45, 7) is 1.51. The van der Waals surface area contributed by atoms with Gasteiger partial charge in [0.1, 0.15) is 11.6 Å². The maximum absolute atomic E-state index is 13.4. The summed E-state index contributed by atoms with van der Waals surface area (Å²) in [5.41, 5.74) is 1.55. The van der Waals surface area contributed by atoms with E-state index < -0.39 is 15.8 Å². The van der Waals surface area contributed by atoms with Crippen LogP contribution in [0.3, 0.4) is 0 Å². The lowest BCUT2D eigenvalue weighted by Gasteiger charge is -2.34. The molecule has 7 nitrogen and oxygen atoms in total. The molecule has 0 N–H and O–H groups in total. The number of aromatic nitrogens is 2. The van der Waals surface area contributed by atoms with Crippen LogP contribution in [-0.2, 0) is 10.0 Å². The van der Waals surface area contributed by atoms with Crippen LogP contribution in [0.25, 0.3) is 11.3 Å². The Bertz CT molecular complexity index is 1130. The average molecular weight is 428 g/mol. The molecule has 0 unspecified atom stereocenters. The van der Waals surface area contributed by atoms with E-state index >= 15 is 0 Å². The Kier molecular flexibility index (Phi) is 5.65. The summed E-state index contributed by atoms with van der Waals surface area (Å²) >= 11 is 0. The molecule has 3 aromatic rings.